The highest BCUT2D eigenvalue weighted by atomic mass is 16.5. The number of amides is 1. The second-order valence-electron chi connectivity index (χ2n) is 5.53. The van der Waals surface area contributed by atoms with E-state index in [1.54, 1.807) is 6.07 Å². The third-order valence-corrected chi connectivity index (χ3v) is 3.88. The van der Waals surface area contributed by atoms with Gasteiger partial charge in [0.05, 0.1) is 12.1 Å². The first-order valence-electron chi connectivity index (χ1n) is 7.87. The van der Waals surface area contributed by atoms with Crippen LogP contribution >= 0.6 is 0 Å². The van der Waals surface area contributed by atoms with Crippen molar-refractivity contribution >= 4 is 17.4 Å². The quantitative estimate of drug-likeness (QED) is 0.861. The number of fused-ring (bicyclic) bond motifs is 1. The number of carbonyl (C=O) groups is 2. The SMILES string of the molecule is CCc1ccc(OCC(=O)N/N=C2/CC(=O)c3ccccc32)cc1. The van der Waals surface area contributed by atoms with Crippen LogP contribution in [0.3, 0.4) is 0 Å². The maximum absolute atomic E-state index is 11.9. The van der Waals surface area contributed by atoms with Gasteiger partial charge in [-0.05, 0) is 24.1 Å². The number of nitrogens with zero attached hydrogens (tertiary/aromatic N) is 1. The fraction of sp³-hybridized carbons (Fsp3) is 0.211. The summed E-state index contributed by atoms with van der Waals surface area (Å²) in [6.45, 7) is 1.95. The maximum atomic E-state index is 11.9. The lowest BCUT2D eigenvalue weighted by Crippen LogP contribution is -2.25. The maximum Gasteiger partial charge on any atom is 0.277 e. The monoisotopic (exact) mass is 322 g/mol. The van der Waals surface area contributed by atoms with Crippen molar-refractivity contribution in [3.63, 3.8) is 0 Å². The first-order valence-corrected chi connectivity index (χ1v) is 7.87. The van der Waals surface area contributed by atoms with Gasteiger partial charge in [0.1, 0.15) is 5.75 Å². The van der Waals surface area contributed by atoms with Crippen LogP contribution in [0.2, 0.25) is 0 Å². The van der Waals surface area contributed by atoms with E-state index < -0.39 is 0 Å². The van der Waals surface area contributed by atoms with Crippen LogP contribution in [0.15, 0.2) is 53.6 Å². The van der Waals surface area contributed by atoms with Crippen molar-refractivity contribution in [1.82, 2.24) is 5.43 Å². The van der Waals surface area contributed by atoms with Crippen molar-refractivity contribution in [2.24, 2.45) is 5.10 Å². The van der Waals surface area contributed by atoms with Gasteiger partial charge in [-0.2, -0.15) is 5.10 Å². The molecule has 0 fully saturated rings. The predicted octanol–water partition coefficient (Wildman–Crippen LogP) is 2.73. The van der Waals surface area contributed by atoms with E-state index in [0.29, 0.717) is 17.0 Å². The Balaban J connectivity index is 1.57. The summed E-state index contributed by atoms with van der Waals surface area (Å²) in [4.78, 5) is 23.7. The largest absolute Gasteiger partial charge is 0.484 e. The van der Waals surface area contributed by atoms with Crippen LogP contribution in [0, 0.1) is 0 Å². The minimum Gasteiger partial charge on any atom is -0.484 e. The number of carbonyl (C=O) groups excluding carboxylic acids is 2. The molecule has 0 saturated carbocycles. The number of hydrogen-bond donors (Lipinski definition) is 1. The molecule has 0 aromatic heterocycles. The first kappa shape index (κ1) is 15.9. The summed E-state index contributed by atoms with van der Waals surface area (Å²) in [5, 5.41) is 4.07. The van der Waals surface area contributed by atoms with Gasteiger partial charge in [0.25, 0.3) is 5.91 Å². The zero-order valence-electron chi connectivity index (χ0n) is 13.4. The van der Waals surface area contributed by atoms with Crippen LogP contribution < -0.4 is 10.2 Å². The molecule has 5 nitrogen and oxygen atoms in total. The molecule has 0 bridgehead atoms. The van der Waals surface area contributed by atoms with Gasteiger partial charge in [-0.3, -0.25) is 9.59 Å². The zero-order chi connectivity index (χ0) is 16.9. The highest BCUT2D eigenvalue weighted by Gasteiger charge is 2.25. The Labute approximate surface area is 140 Å². The Morgan fingerprint density at radius 3 is 2.54 bits per heavy atom. The summed E-state index contributed by atoms with van der Waals surface area (Å²) in [5.74, 6) is 0.293. The summed E-state index contributed by atoms with van der Waals surface area (Å²) in [7, 11) is 0. The molecule has 0 radical (unpaired) electrons. The Hall–Kier alpha value is -2.95. The molecule has 1 aliphatic carbocycles. The molecular formula is C19H18N2O3. The fourth-order valence-corrected chi connectivity index (χ4v) is 2.55. The van der Waals surface area contributed by atoms with Crippen LogP contribution in [0.5, 0.6) is 5.75 Å². The van der Waals surface area contributed by atoms with Gasteiger partial charge in [0.2, 0.25) is 0 Å². The number of ketones is 1. The topological polar surface area (TPSA) is 67.8 Å². The van der Waals surface area contributed by atoms with Crippen molar-refractivity contribution in [2.45, 2.75) is 19.8 Å². The van der Waals surface area contributed by atoms with Gasteiger partial charge in [0, 0.05) is 11.1 Å². The predicted molar refractivity (Wildman–Crippen MR) is 91.4 cm³/mol. The first-order chi connectivity index (χ1) is 11.7. The van der Waals surface area contributed by atoms with E-state index in [0.717, 1.165) is 12.0 Å². The van der Waals surface area contributed by atoms with Gasteiger partial charge in [-0.15, -0.1) is 0 Å². The molecule has 24 heavy (non-hydrogen) atoms. The third-order valence-electron chi connectivity index (χ3n) is 3.88. The summed E-state index contributed by atoms with van der Waals surface area (Å²) in [6.07, 6.45) is 1.16. The molecule has 1 amide bonds. The molecule has 0 saturated heterocycles. The van der Waals surface area contributed by atoms with Crippen LogP contribution in [0.25, 0.3) is 0 Å². The third kappa shape index (κ3) is 3.51. The number of hydrazone groups is 1. The molecule has 0 atom stereocenters. The van der Waals surface area contributed by atoms with E-state index in [1.165, 1.54) is 5.56 Å². The Morgan fingerprint density at radius 2 is 1.83 bits per heavy atom. The lowest BCUT2D eigenvalue weighted by atomic mass is 10.1. The lowest BCUT2D eigenvalue weighted by molar-refractivity contribution is -0.123. The smallest absolute Gasteiger partial charge is 0.277 e. The van der Waals surface area contributed by atoms with Gasteiger partial charge < -0.3 is 4.74 Å². The fourth-order valence-electron chi connectivity index (χ4n) is 2.55. The van der Waals surface area contributed by atoms with E-state index in [2.05, 4.69) is 17.5 Å². The highest BCUT2D eigenvalue weighted by molar-refractivity contribution is 6.26. The molecule has 0 spiro atoms. The van der Waals surface area contributed by atoms with Gasteiger partial charge in [-0.25, -0.2) is 5.43 Å². The highest BCUT2D eigenvalue weighted by Crippen LogP contribution is 2.21. The molecule has 0 unspecified atom stereocenters. The minimum atomic E-state index is -0.362. The summed E-state index contributed by atoms with van der Waals surface area (Å²) in [5.41, 5.74) is 5.67. The minimum absolute atomic E-state index is 0.0193. The number of rotatable bonds is 5. The molecule has 5 heteroatoms. The molecule has 0 aliphatic heterocycles. The van der Waals surface area contributed by atoms with E-state index in [1.807, 2.05) is 42.5 Å². The molecule has 1 aliphatic rings. The van der Waals surface area contributed by atoms with Crippen molar-refractivity contribution in [3.05, 3.63) is 65.2 Å². The second-order valence-corrected chi connectivity index (χ2v) is 5.53. The van der Waals surface area contributed by atoms with Crippen molar-refractivity contribution in [3.8, 4) is 5.75 Å². The van der Waals surface area contributed by atoms with E-state index in [4.69, 9.17) is 4.74 Å². The number of nitrogens with one attached hydrogen (secondary N) is 1. The van der Waals surface area contributed by atoms with Gasteiger partial charge in [-0.1, -0.05) is 43.3 Å². The van der Waals surface area contributed by atoms with Gasteiger partial charge in [0.15, 0.2) is 12.4 Å². The molecule has 2 aromatic carbocycles. The average molecular weight is 322 g/mol. The summed E-state index contributed by atoms with van der Waals surface area (Å²) in [6, 6.07) is 14.9. The van der Waals surface area contributed by atoms with Crippen molar-refractivity contribution in [2.75, 3.05) is 6.61 Å². The number of benzene rings is 2. The Bertz CT molecular complexity index is 795. The normalized spacial score (nSPS) is 14.5. The lowest BCUT2D eigenvalue weighted by Gasteiger charge is -2.06. The number of Topliss-reactive ketones (excluding diaryl/α,β-unsaturated/α-hetero) is 1. The molecule has 122 valence electrons. The van der Waals surface area contributed by atoms with Crippen molar-refractivity contribution in [1.29, 1.82) is 0 Å². The number of hydrogen-bond acceptors (Lipinski definition) is 4. The van der Waals surface area contributed by atoms with Crippen LogP contribution in [0.4, 0.5) is 0 Å². The van der Waals surface area contributed by atoms with Crippen LogP contribution in [0.1, 0.15) is 34.8 Å². The summed E-state index contributed by atoms with van der Waals surface area (Å²) >= 11 is 0. The number of aryl methyl sites for hydroxylation is 1. The van der Waals surface area contributed by atoms with E-state index in [-0.39, 0.29) is 24.7 Å². The van der Waals surface area contributed by atoms with Crippen LogP contribution in [-0.2, 0) is 11.2 Å². The standard InChI is InChI=1S/C19H18N2O3/c1-2-13-7-9-14(10-8-13)24-12-19(23)21-20-17-11-18(22)16-6-4-3-5-15(16)17/h3-10H,2,11-12H2,1H3,(H,21,23)/b20-17-. The second kappa shape index (κ2) is 7.08. The average Bonchev–Trinajstić information content (AvgIpc) is 2.95. The van der Waals surface area contributed by atoms with Crippen molar-refractivity contribution < 1.29 is 14.3 Å². The molecule has 3 rings (SSSR count). The Morgan fingerprint density at radius 1 is 1.12 bits per heavy atom. The summed E-state index contributed by atoms with van der Waals surface area (Å²) < 4.78 is 5.42. The van der Waals surface area contributed by atoms with Gasteiger partial charge >= 0.3 is 0 Å². The number of ether oxygens (including phenoxy) is 1. The molecule has 1 N–H and O–H groups in total. The molecular weight excluding hydrogens is 304 g/mol. The molecule has 2 aromatic rings. The van der Waals surface area contributed by atoms with Crippen LogP contribution in [-0.4, -0.2) is 24.0 Å². The Kier molecular flexibility index (Phi) is 4.70. The van der Waals surface area contributed by atoms with E-state index >= 15 is 0 Å². The van der Waals surface area contributed by atoms with E-state index in [9.17, 15) is 9.59 Å². The zero-order valence-corrected chi connectivity index (χ0v) is 13.4. The molecule has 0 heterocycles.